The van der Waals surface area contributed by atoms with Gasteiger partial charge in [-0.1, -0.05) is 18.8 Å². The molecule has 1 heterocycles. The minimum absolute atomic E-state index is 0.0341. The fourth-order valence-corrected chi connectivity index (χ4v) is 8.42. The molecule has 8 atom stereocenters. The summed E-state index contributed by atoms with van der Waals surface area (Å²) in [6, 6.07) is 4.02. The van der Waals surface area contributed by atoms with Crippen LogP contribution in [-0.4, -0.2) is 29.9 Å². The third kappa shape index (κ3) is 3.14. The van der Waals surface area contributed by atoms with Crippen LogP contribution < -0.4 is 0 Å². The van der Waals surface area contributed by atoms with E-state index in [0.29, 0.717) is 23.9 Å². The highest BCUT2D eigenvalue weighted by Gasteiger charge is 2.61. The molecule has 0 aromatic carbocycles. The van der Waals surface area contributed by atoms with E-state index in [9.17, 15) is 5.11 Å². The molecule has 30 heavy (non-hydrogen) atoms. The van der Waals surface area contributed by atoms with E-state index in [0.717, 1.165) is 36.2 Å². The summed E-state index contributed by atoms with van der Waals surface area (Å²) in [6.07, 6.45) is 15.3. The van der Waals surface area contributed by atoms with E-state index in [1.807, 2.05) is 31.6 Å². The molecule has 0 saturated heterocycles. The molecule has 0 bridgehead atoms. The Morgan fingerprint density at radius 2 is 1.90 bits per heavy atom. The predicted octanol–water partition coefficient (Wildman–Crippen LogP) is 5.08. The number of pyridine rings is 1. The van der Waals surface area contributed by atoms with Gasteiger partial charge in [0.2, 0.25) is 0 Å². The van der Waals surface area contributed by atoms with E-state index in [2.05, 4.69) is 23.7 Å². The normalized spacial score (nSPS) is 44.9. The first-order valence-electron chi connectivity index (χ1n) is 12.2. The Balaban J connectivity index is 1.32. The van der Waals surface area contributed by atoms with Crippen LogP contribution in [0.4, 0.5) is 0 Å². The first kappa shape index (κ1) is 20.5. The number of hydrogen-bond donors (Lipinski definition) is 1. The molecule has 4 saturated carbocycles. The average Bonchev–Trinajstić information content (AvgIpc) is 3.17. The zero-order valence-electron chi connectivity index (χ0n) is 18.6. The molecule has 3 heteroatoms. The number of methoxy groups -OCH3 is 1. The standard InChI is InChI=1S/C27H37NO2/c1-26-13-9-20(4-3-19-11-15-28-16-12-19)17-21(26)5-6-22-23(26)10-14-27(18-29)24(22)7-8-25(27)30-2/h11-12,15-16,20-25,29H,5-10,13-14,17-18H2,1-2H3/t20-,21+,22+,23-,24-,25-,26-,27+/m0/s1. The highest BCUT2D eigenvalue weighted by atomic mass is 16.5. The van der Waals surface area contributed by atoms with E-state index >= 15 is 0 Å². The van der Waals surface area contributed by atoms with Gasteiger partial charge in [-0.25, -0.2) is 0 Å². The van der Waals surface area contributed by atoms with Gasteiger partial charge in [0.15, 0.2) is 0 Å². The third-order valence-electron chi connectivity index (χ3n) is 9.98. The van der Waals surface area contributed by atoms with E-state index in [1.165, 1.54) is 44.9 Å². The number of ether oxygens (including phenoxy) is 1. The molecule has 4 fully saturated rings. The van der Waals surface area contributed by atoms with Crippen LogP contribution in [0.2, 0.25) is 0 Å². The zero-order valence-corrected chi connectivity index (χ0v) is 18.6. The van der Waals surface area contributed by atoms with Gasteiger partial charge >= 0.3 is 0 Å². The first-order valence-corrected chi connectivity index (χ1v) is 12.2. The van der Waals surface area contributed by atoms with Crippen LogP contribution in [0.5, 0.6) is 0 Å². The average molecular weight is 408 g/mol. The molecule has 1 aromatic rings. The first-order chi connectivity index (χ1) is 14.6. The Bertz CT molecular complexity index is 813. The van der Waals surface area contributed by atoms with Crippen molar-refractivity contribution in [2.75, 3.05) is 13.7 Å². The molecular formula is C27H37NO2. The van der Waals surface area contributed by atoms with Crippen molar-refractivity contribution in [1.82, 2.24) is 4.98 Å². The highest BCUT2D eigenvalue weighted by molar-refractivity contribution is 5.32. The van der Waals surface area contributed by atoms with Crippen LogP contribution in [0.3, 0.4) is 0 Å². The molecule has 0 radical (unpaired) electrons. The van der Waals surface area contributed by atoms with Crippen molar-refractivity contribution in [3.05, 3.63) is 30.1 Å². The fraction of sp³-hybridized carbons (Fsp3) is 0.741. The maximum absolute atomic E-state index is 10.4. The molecule has 162 valence electrons. The van der Waals surface area contributed by atoms with Crippen molar-refractivity contribution in [3.8, 4) is 11.8 Å². The van der Waals surface area contributed by atoms with Crippen LogP contribution in [0, 0.1) is 52.3 Å². The van der Waals surface area contributed by atoms with Gasteiger partial charge in [-0.15, -0.1) is 0 Å². The van der Waals surface area contributed by atoms with Crippen molar-refractivity contribution in [3.63, 3.8) is 0 Å². The fourth-order valence-electron chi connectivity index (χ4n) is 8.42. The van der Waals surface area contributed by atoms with E-state index in [4.69, 9.17) is 4.74 Å². The number of rotatable bonds is 2. The second-order valence-electron chi connectivity index (χ2n) is 10.9. The van der Waals surface area contributed by atoms with Gasteiger partial charge in [0.1, 0.15) is 0 Å². The van der Waals surface area contributed by atoms with Gasteiger partial charge in [0.25, 0.3) is 0 Å². The second-order valence-corrected chi connectivity index (χ2v) is 10.9. The quantitative estimate of drug-likeness (QED) is 0.695. The lowest BCUT2D eigenvalue weighted by Gasteiger charge is -2.61. The SMILES string of the molecule is CO[C@H]1CC[C@H]2[C@@H]3CC[C@@H]4C[C@@H](C#Cc5ccncc5)CC[C@]4(C)[C@H]3CC[C@]12CO. The molecule has 1 aromatic heterocycles. The lowest BCUT2D eigenvalue weighted by atomic mass is 9.44. The topological polar surface area (TPSA) is 42.4 Å². The zero-order chi connectivity index (χ0) is 20.8. The number of fused-ring (bicyclic) bond motifs is 5. The summed E-state index contributed by atoms with van der Waals surface area (Å²) in [6.45, 7) is 2.92. The number of aliphatic hydroxyl groups is 1. The highest BCUT2D eigenvalue weighted by Crippen LogP contribution is 2.66. The predicted molar refractivity (Wildman–Crippen MR) is 119 cm³/mol. The summed E-state index contributed by atoms with van der Waals surface area (Å²) < 4.78 is 5.88. The van der Waals surface area contributed by atoms with Gasteiger partial charge in [-0.3, -0.25) is 4.98 Å². The summed E-state index contributed by atoms with van der Waals surface area (Å²) in [4.78, 5) is 4.09. The van der Waals surface area contributed by atoms with Crippen molar-refractivity contribution in [2.24, 2.45) is 40.4 Å². The van der Waals surface area contributed by atoms with Gasteiger partial charge in [-0.2, -0.15) is 0 Å². The smallest absolute Gasteiger partial charge is 0.0652 e. The monoisotopic (exact) mass is 407 g/mol. The summed E-state index contributed by atoms with van der Waals surface area (Å²) >= 11 is 0. The summed E-state index contributed by atoms with van der Waals surface area (Å²) in [5.41, 5.74) is 1.58. The maximum Gasteiger partial charge on any atom is 0.0652 e. The van der Waals surface area contributed by atoms with Crippen LogP contribution in [0.1, 0.15) is 70.3 Å². The van der Waals surface area contributed by atoms with E-state index in [1.54, 1.807) is 0 Å². The Morgan fingerprint density at radius 1 is 1.07 bits per heavy atom. The Kier molecular flexibility index (Phi) is 5.44. The van der Waals surface area contributed by atoms with Crippen molar-refractivity contribution in [2.45, 2.75) is 70.8 Å². The molecule has 3 nitrogen and oxygen atoms in total. The van der Waals surface area contributed by atoms with Crippen LogP contribution in [0.15, 0.2) is 24.5 Å². The number of aliphatic hydroxyl groups excluding tert-OH is 1. The molecule has 0 aliphatic heterocycles. The molecule has 4 aliphatic rings. The molecule has 5 rings (SSSR count). The van der Waals surface area contributed by atoms with Gasteiger partial charge in [0.05, 0.1) is 12.7 Å². The maximum atomic E-state index is 10.4. The molecular weight excluding hydrogens is 370 g/mol. The minimum Gasteiger partial charge on any atom is -0.396 e. The Labute approximate surface area is 182 Å². The summed E-state index contributed by atoms with van der Waals surface area (Å²) in [5, 5.41) is 10.4. The molecule has 4 aliphatic carbocycles. The van der Waals surface area contributed by atoms with Crippen molar-refractivity contribution in [1.29, 1.82) is 0 Å². The number of hydrogen-bond acceptors (Lipinski definition) is 3. The van der Waals surface area contributed by atoms with Gasteiger partial charge in [-0.05, 0) is 99.0 Å². The van der Waals surface area contributed by atoms with Crippen LogP contribution in [-0.2, 0) is 4.74 Å². The van der Waals surface area contributed by atoms with Crippen LogP contribution >= 0.6 is 0 Å². The molecule has 0 spiro atoms. The second kappa shape index (κ2) is 7.95. The summed E-state index contributed by atoms with van der Waals surface area (Å²) in [7, 11) is 1.85. The number of nitrogens with zero attached hydrogens (tertiary/aromatic N) is 1. The molecule has 1 N–H and O–H groups in total. The van der Waals surface area contributed by atoms with E-state index in [-0.39, 0.29) is 11.5 Å². The minimum atomic E-state index is 0.0341. The Hall–Kier alpha value is -1.37. The third-order valence-corrected chi connectivity index (χ3v) is 9.98. The van der Waals surface area contributed by atoms with Gasteiger partial charge in [0, 0.05) is 36.4 Å². The summed E-state index contributed by atoms with van der Waals surface area (Å²) in [5.74, 6) is 10.6. The molecule has 0 amide bonds. The largest absolute Gasteiger partial charge is 0.396 e. The van der Waals surface area contributed by atoms with E-state index < -0.39 is 0 Å². The Morgan fingerprint density at radius 3 is 2.67 bits per heavy atom. The molecule has 0 unspecified atom stereocenters. The van der Waals surface area contributed by atoms with Crippen molar-refractivity contribution < 1.29 is 9.84 Å². The lowest BCUT2D eigenvalue weighted by Crippen LogP contribution is -2.55. The van der Waals surface area contributed by atoms with Crippen LogP contribution in [0.25, 0.3) is 0 Å². The van der Waals surface area contributed by atoms with Gasteiger partial charge < -0.3 is 9.84 Å². The van der Waals surface area contributed by atoms with Crippen molar-refractivity contribution >= 4 is 0 Å². The number of aromatic nitrogens is 1. The lowest BCUT2D eigenvalue weighted by molar-refractivity contribution is -0.147.